The van der Waals surface area contributed by atoms with Gasteiger partial charge in [0.2, 0.25) is 11.9 Å². The first-order chi connectivity index (χ1) is 7.04. The van der Waals surface area contributed by atoms with Crippen LogP contribution in [-0.2, 0) is 4.79 Å². The van der Waals surface area contributed by atoms with Gasteiger partial charge in [-0.1, -0.05) is 13.8 Å². The van der Waals surface area contributed by atoms with E-state index in [1.165, 1.54) is 0 Å². The second kappa shape index (κ2) is 4.97. The quantitative estimate of drug-likeness (QED) is 0.209. The molecule has 1 unspecified atom stereocenters. The van der Waals surface area contributed by atoms with Crippen LogP contribution in [0.4, 0.5) is 0 Å². The third-order valence-electron chi connectivity index (χ3n) is 2.26. The lowest BCUT2D eigenvalue weighted by Crippen LogP contribution is -2.53. The molecule has 0 aromatic carbocycles. The van der Waals surface area contributed by atoms with Gasteiger partial charge in [-0.05, 0) is 18.8 Å². The molecule has 0 spiro atoms. The van der Waals surface area contributed by atoms with Crippen LogP contribution in [-0.4, -0.2) is 24.0 Å². The molecule has 6 nitrogen and oxygen atoms in total. The molecule has 0 heterocycles. The fourth-order valence-corrected chi connectivity index (χ4v) is 1.22. The topological polar surface area (TPSA) is 106 Å². The highest BCUT2D eigenvalue weighted by molar-refractivity contribution is 5.88. The molecule has 0 radical (unpaired) electrons. The minimum absolute atomic E-state index is 0.0975. The first-order valence-corrected chi connectivity index (χ1v) is 5.15. The maximum atomic E-state index is 11.1. The van der Waals surface area contributed by atoms with Crippen molar-refractivity contribution in [3.63, 3.8) is 0 Å². The predicted octanol–water partition coefficient (Wildman–Crippen LogP) is -0.932. The van der Waals surface area contributed by atoms with Gasteiger partial charge in [0.1, 0.15) is 6.04 Å². The van der Waals surface area contributed by atoms with Crippen LogP contribution < -0.4 is 22.3 Å². The van der Waals surface area contributed by atoms with Crippen molar-refractivity contribution in [2.45, 2.75) is 38.8 Å². The van der Waals surface area contributed by atoms with Crippen molar-refractivity contribution >= 4 is 11.9 Å². The zero-order valence-electron chi connectivity index (χ0n) is 9.16. The summed E-state index contributed by atoms with van der Waals surface area (Å²) < 4.78 is 0. The molecule has 15 heavy (non-hydrogen) atoms. The molecule has 0 bridgehead atoms. The molecule has 6 heteroatoms. The maximum absolute atomic E-state index is 11.1. The average molecular weight is 213 g/mol. The molecular formula is C9H19N5O. The Balaban J connectivity index is 2.57. The second-order valence-corrected chi connectivity index (χ2v) is 4.12. The number of nitrogens with one attached hydrogen (secondary N) is 2. The standard InChI is InChI=1S/C9H19N5O/c1-5(2)7(8(10)15)13-9(14-11)12-6-3-4-6/h5-7H,3-4,11H2,1-2H3,(H2,10,15)(H2,12,13,14). The number of aliphatic imine (C=N–C) groups is 1. The van der Waals surface area contributed by atoms with E-state index < -0.39 is 11.9 Å². The molecule has 86 valence electrons. The smallest absolute Gasteiger partial charge is 0.240 e. The van der Waals surface area contributed by atoms with Gasteiger partial charge in [0.25, 0.3) is 0 Å². The Morgan fingerprint density at radius 3 is 2.40 bits per heavy atom. The van der Waals surface area contributed by atoms with Gasteiger partial charge in [0, 0.05) is 0 Å². The molecule has 1 atom stereocenters. The number of amides is 1. The van der Waals surface area contributed by atoms with E-state index in [4.69, 9.17) is 11.6 Å². The highest BCUT2D eigenvalue weighted by atomic mass is 16.1. The SMILES string of the molecule is CC(C)C(NC(=NC1CC1)NN)C(N)=O. The Hall–Kier alpha value is -1.30. The van der Waals surface area contributed by atoms with Gasteiger partial charge in [0.05, 0.1) is 6.04 Å². The average Bonchev–Trinajstić information content (AvgIpc) is 2.94. The van der Waals surface area contributed by atoms with Gasteiger partial charge in [-0.2, -0.15) is 0 Å². The highest BCUT2D eigenvalue weighted by Crippen LogP contribution is 2.23. The maximum Gasteiger partial charge on any atom is 0.240 e. The molecule has 6 N–H and O–H groups in total. The molecule has 1 amide bonds. The Kier molecular flexibility index (Phi) is 3.90. The van der Waals surface area contributed by atoms with Gasteiger partial charge in [-0.3, -0.25) is 10.2 Å². The van der Waals surface area contributed by atoms with Crippen molar-refractivity contribution in [2.24, 2.45) is 22.5 Å². The van der Waals surface area contributed by atoms with E-state index >= 15 is 0 Å². The van der Waals surface area contributed by atoms with Crippen molar-refractivity contribution in [1.29, 1.82) is 0 Å². The van der Waals surface area contributed by atoms with Gasteiger partial charge < -0.3 is 11.1 Å². The zero-order valence-corrected chi connectivity index (χ0v) is 9.16. The fourth-order valence-electron chi connectivity index (χ4n) is 1.22. The number of hydrazine groups is 1. The summed E-state index contributed by atoms with van der Waals surface area (Å²) in [7, 11) is 0. The number of hydrogen-bond acceptors (Lipinski definition) is 3. The summed E-state index contributed by atoms with van der Waals surface area (Å²) in [5.41, 5.74) is 7.71. The summed E-state index contributed by atoms with van der Waals surface area (Å²) in [6.45, 7) is 3.82. The molecule has 0 aliphatic heterocycles. The van der Waals surface area contributed by atoms with Crippen LogP contribution in [0.3, 0.4) is 0 Å². The van der Waals surface area contributed by atoms with E-state index in [1.54, 1.807) is 0 Å². The van der Waals surface area contributed by atoms with Crippen molar-refractivity contribution in [1.82, 2.24) is 10.7 Å². The first-order valence-electron chi connectivity index (χ1n) is 5.15. The molecule has 1 aliphatic rings. The molecule has 1 rings (SSSR count). The lowest BCUT2D eigenvalue weighted by Gasteiger charge is -2.20. The fraction of sp³-hybridized carbons (Fsp3) is 0.778. The lowest BCUT2D eigenvalue weighted by atomic mass is 10.0. The number of guanidine groups is 1. The second-order valence-electron chi connectivity index (χ2n) is 4.12. The largest absolute Gasteiger partial charge is 0.368 e. The van der Waals surface area contributed by atoms with Crippen LogP contribution >= 0.6 is 0 Å². The molecule has 0 saturated heterocycles. The van der Waals surface area contributed by atoms with Crippen LogP contribution in [0, 0.1) is 5.92 Å². The number of carbonyl (C=O) groups is 1. The Morgan fingerprint density at radius 1 is 1.47 bits per heavy atom. The summed E-state index contributed by atoms with van der Waals surface area (Å²) >= 11 is 0. The van der Waals surface area contributed by atoms with Crippen LogP contribution in [0.15, 0.2) is 4.99 Å². The zero-order chi connectivity index (χ0) is 11.4. The number of hydrogen-bond donors (Lipinski definition) is 4. The molecule has 1 saturated carbocycles. The summed E-state index contributed by atoms with van der Waals surface area (Å²) in [5.74, 6) is 5.44. The summed E-state index contributed by atoms with van der Waals surface area (Å²) in [4.78, 5) is 15.4. The van der Waals surface area contributed by atoms with E-state index in [0.717, 1.165) is 12.8 Å². The molecule has 1 aliphatic carbocycles. The molecular weight excluding hydrogens is 194 g/mol. The Bertz CT molecular complexity index is 259. The minimum Gasteiger partial charge on any atom is -0.368 e. The normalized spacial score (nSPS) is 18.8. The third kappa shape index (κ3) is 3.75. The Labute approximate surface area is 89.5 Å². The monoisotopic (exact) mass is 213 g/mol. The third-order valence-corrected chi connectivity index (χ3v) is 2.26. The van der Waals surface area contributed by atoms with E-state index in [9.17, 15) is 4.79 Å². The first kappa shape index (κ1) is 11.8. The van der Waals surface area contributed by atoms with Crippen LogP contribution in [0.25, 0.3) is 0 Å². The molecule has 0 aromatic heterocycles. The lowest BCUT2D eigenvalue weighted by molar-refractivity contribution is -0.120. The van der Waals surface area contributed by atoms with E-state index in [2.05, 4.69) is 15.7 Å². The summed E-state index contributed by atoms with van der Waals surface area (Å²) in [6, 6.07) is -0.109. The summed E-state index contributed by atoms with van der Waals surface area (Å²) in [5, 5.41) is 2.91. The van der Waals surface area contributed by atoms with Crippen molar-refractivity contribution < 1.29 is 4.79 Å². The highest BCUT2D eigenvalue weighted by Gasteiger charge is 2.24. The van der Waals surface area contributed by atoms with E-state index in [1.807, 2.05) is 13.8 Å². The van der Waals surface area contributed by atoms with Crippen LogP contribution in [0.2, 0.25) is 0 Å². The number of nitrogens with two attached hydrogens (primary N) is 2. The number of nitrogens with zero attached hydrogens (tertiary/aromatic N) is 1. The Morgan fingerprint density at radius 2 is 2.07 bits per heavy atom. The minimum atomic E-state index is -0.446. The van der Waals surface area contributed by atoms with Crippen molar-refractivity contribution in [2.75, 3.05) is 0 Å². The van der Waals surface area contributed by atoms with Crippen LogP contribution in [0.1, 0.15) is 26.7 Å². The van der Waals surface area contributed by atoms with Crippen molar-refractivity contribution in [3.8, 4) is 0 Å². The van der Waals surface area contributed by atoms with Gasteiger partial charge in [-0.15, -0.1) is 0 Å². The van der Waals surface area contributed by atoms with Crippen molar-refractivity contribution in [3.05, 3.63) is 0 Å². The van der Waals surface area contributed by atoms with Gasteiger partial charge >= 0.3 is 0 Å². The van der Waals surface area contributed by atoms with E-state index in [-0.39, 0.29) is 5.92 Å². The number of primary amides is 1. The molecule has 1 fully saturated rings. The number of carbonyl (C=O) groups excluding carboxylic acids is 1. The van der Waals surface area contributed by atoms with Gasteiger partial charge in [-0.25, -0.2) is 10.8 Å². The van der Waals surface area contributed by atoms with E-state index in [0.29, 0.717) is 12.0 Å². The molecule has 0 aromatic rings. The van der Waals surface area contributed by atoms with Crippen LogP contribution in [0.5, 0.6) is 0 Å². The predicted molar refractivity (Wildman–Crippen MR) is 58.7 cm³/mol. The number of rotatable bonds is 4. The van der Waals surface area contributed by atoms with Gasteiger partial charge in [0.15, 0.2) is 0 Å². The summed E-state index contributed by atoms with van der Waals surface area (Å²) in [6.07, 6.45) is 2.16.